The Morgan fingerprint density at radius 2 is 2.22 bits per heavy atom. The Hall–Kier alpha value is -2.44. The second-order valence-corrected chi connectivity index (χ2v) is 8.19. The molecule has 1 aliphatic carbocycles. The Morgan fingerprint density at radius 1 is 1.37 bits per heavy atom. The first kappa shape index (κ1) is 17.9. The first-order valence-corrected chi connectivity index (χ1v) is 9.35. The molecule has 0 saturated carbocycles. The van der Waals surface area contributed by atoms with Gasteiger partial charge in [-0.1, -0.05) is 31.5 Å². The highest BCUT2D eigenvalue weighted by Gasteiger charge is 2.35. The number of rotatable bonds is 4. The third-order valence-electron chi connectivity index (χ3n) is 4.88. The number of hydrogen-bond acceptors (Lipinski definition) is 5. The molecule has 1 atom stereocenters. The number of nitrogens with zero attached hydrogens (tertiary/aromatic N) is 3. The number of halogens is 1. The average Bonchev–Trinajstić information content (AvgIpc) is 3.03. The normalized spacial score (nSPS) is 18.1. The van der Waals surface area contributed by atoms with E-state index in [0.29, 0.717) is 23.9 Å². The lowest BCUT2D eigenvalue weighted by Gasteiger charge is -2.32. The zero-order chi connectivity index (χ0) is 19.0. The number of pyridine rings is 2. The van der Waals surface area contributed by atoms with E-state index in [1.54, 1.807) is 18.5 Å². The zero-order valence-electron chi connectivity index (χ0n) is 15.3. The molecule has 3 aromatic heterocycles. The number of fused-ring (bicyclic) bond motifs is 1. The predicted molar refractivity (Wildman–Crippen MR) is 105 cm³/mol. The van der Waals surface area contributed by atoms with Crippen LogP contribution in [0.1, 0.15) is 43.2 Å². The van der Waals surface area contributed by atoms with Crippen LogP contribution in [0.25, 0.3) is 11.3 Å². The zero-order valence-corrected chi connectivity index (χ0v) is 16.1. The van der Waals surface area contributed by atoms with E-state index >= 15 is 0 Å². The van der Waals surface area contributed by atoms with Crippen molar-refractivity contribution >= 4 is 17.4 Å². The summed E-state index contributed by atoms with van der Waals surface area (Å²) in [7, 11) is 0. The maximum atomic E-state index is 10.7. The Bertz CT molecular complexity index is 954. The lowest BCUT2D eigenvalue weighted by Crippen LogP contribution is -2.25. The molecule has 0 aromatic carbocycles. The maximum Gasteiger partial charge on any atom is 0.132 e. The SMILES string of the molecule is CC1(C)Cc2[nH]nc(-c3cc(Cl)nc(NCc4cccnc4)c3)c2C(O)C1. The summed E-state index contributed by atoms with van der Waals surface area (Å²) >= 11 is 6.25. The average molecular weight is 384 g/mol. The molecular formula is C20H22ClN5O. The van der Waals surface area contributed by atoms with Gasteiger partial charge < -0.3 is 10.4 Å². The monoisotopic (exact) mass is 383 g/mol. The number of hydrogen-bond donors (Lipinski definition) is 3. The van der Waals surface area contributed by atoms with Crippen molar-refractivity contribution in [3.8, 4) is 11.3 Å². The number of aliphatic hydroxyl groups is 1. The number of aromatic nitrogens is 4. The Kier molecular flexibility index (Phi) is 4.61. The molecule has 0 aliphatic heterocycles. The topological polar surface area (TPSA) is 86.7 Å². The second-order valence-electron chi connectivity index (χ2n) is 7.80. The molecule has 0 radical (unpaired) electrons. The van der Waals surface area contributed by atoms with Crippen LogP contribution in [-0.2, 0) is 13.0 Å². The molecule has 0 fully saturated rings. The molecule has 27 heavy (non-hydrogen) atoms. The summed E-state index contributed by atoms with van der Waals surface area (Å²) in [5, 5.41) is 21.9. The summed E-state index contributed by atoms with van der Waals surface area (Å²) in [5.74, 6) is 0.656. The minimum absolute atomic E-state index is 0.0442. The van der Waals surface area contributed by atoms with Crippen LogP contribution in [0.5, 0.6) is 0 Å². The van der Waals surface area contributed by atoms with Gasteiger partial charge in [-0.25, -0.2) is 4.98 Å². The summed E-state index contributed by atoms with van der Waals surface area (Å²) in [6.07, 6.45) is 4.57. The van der Waals surface area contributed by atoms with E-state index in [4.69, 9.17) is 11.6 Å². The van der Waals surface area contributed by atoms with E-state index in [2.05, 4.69) is 39.3 Å². The van der Waals surface area contributed by atoms with Crippen molar-refractivity contribution < 1.29 is 5.11 Å². The van der Waals surface area contributed by atoms with Crippen LogP contribution in [0.15, 0.2) is 36.7 Å². The van der Waals surface area contributed by atoms with E-state index < -0.39 is 6.10 Å². The minimum atomic E-state index is -0.545. The summed E-state index contributed by atoms with van der Waals surface area (Å²) < 4.78 is 0. The number of H-pyrrole nitrogens is 1. The van der Waals surface area contributed by atoms with E-state index in [9.17, 15) is 5.11 Å². The van der Waals surface area contributed by atoms with Crippen molar-refractivity contribution in [1.82, 2.24) is 20.2 Å². The van der Waals surface area contributed by atoms with Gasteiger partial charge in [0.15, 0.2) is 0 Å². The minimum Gasteiger partial charge on any atom is -0.388 e. The maximum absolute atomic E-state index is 10.7. The van der Waals surface area contributed by atoms with Gasteiger partial charge in [0.25, 0.3) is 0 Å². The van der Waals surface area contributed by atoms with Gasteiger partial charge in [-0.3, -0.25) is 10.1 Å². The Morgan fingerprint density at radius 3 is 3.00 bits per heavy atom. The van der Waals surface area contributed by atoms with Crippen LogP contribution >= 0.6 is 11.6 Å². The van der Waals surface area contributed by atoms with Gasteiger partial charge in [-0.15, -0.1) is 0 Å². The first-order chi connectivity index (χ1) is 12.9. The largest absolute Gasteiger partial charge is 0.388 e. The number of aliphatic hydroxyl groups excluding tert-OH is 1. The van der Waals surface area contributed by atoms with Crippen LogP contribution in [0.3, 0.4) is 0 Å². The molecule has 1 unspecified atom stereocenters. The van der Waals surface area contributed by atoms with Gasteiger partial charge in [0.1, 0.15) is 11.0 Å². The van der Waals surface area contributed by atoms with Crippen molar-refractivity contribution in [2.24, 2.45) is 5.41 Å². The van der Waals surface area contributed by atoms with Crippen molar-refractivity contribution in [2.45, 2.75) is 39.3 Å². The summed E-state index contributed by atoms with van der Waals surface area (Å²) in [5.41, 5.74) is 4.53. The number of nitrogens with one attached hydrogen (secondary N) is 2. The van der Waals surface area contributed by atoms with Crippen LogP contribution in [0.2, 0.25) is 5.15 Å². The fourth-order valence-electron chi connectivity index (χ4n) is 3.70. The molecule has 3 heterocycles. The molecule has 6 nitrogen and oxygen atoms in total. The third kappa shape index (κ3) is 3.82. The van der Waals surface area contributed by atoms with Crippen LogP contribution < -0.4 is 5.32 Å². The van der Waals surface area contributed by atoms with Crippen molar-refractivity contribution in [2.75, 3.05) is 5.32 Å². The fourth-order valence-corrected chi connectivity index (χ4v) is 3.90. The highest BCUT2D eigenvalue weighted by Crippen LogP contribution is 2.43. The third-order valence-corrected chi connectivity index (χ3v) is 5.07. The fraction of sp³-hybridized carbons (Fsp3) is 0.350. The van der Waals surface area contributed by atoms with Crippen LogP contribution in [0, 0.1) is 5.41 Å². The number of aromatic amines is 1. The molecule has 7 heteroatoms. The summed E-state index contributed by atoms with van der Waals surface area (Å²) in [6, 6.07) is 7.57. The first-order valence-electron chi connectivity index (χ1n) is 8.97. The van der Waals surface area contributed by atoms with Crippen LogP contribution in [0.4, 0.5) is 5.82 Å². The van der Waals surface area contributed by atoms with Crippen molar-refractivity contribution in [3.05, 3.63) is 58.6 Å². The quantitative estimate of drug-likeness (QED) is 0.589. The highest BCUT2D eigenvalue weighted by atomic mass is 35.5. The molecule has 1 aliphatic rings. The summed E-state index contributed by atoms with van der Waals surface area (Å²) in [4.78, 5) is 8.46. The Balaban J connectivity index is 1.64. The van der Waals surface area contributed by atoms with Crippen molar-refractivity contribution in [3.63, 3.8) is 0 Å². The van der Waals surface area contributed by atoms with E-state index in [0.717, 1.165) is 34.5 Å². The smallest absolute Gasteiger partial charge is 0.132 e. The molecular weight excluding hydrogens is 362 g/mol. The van der Waals surface area contributed by atoms with E-state index in [1.807, 2.05) is 18.2 Å². The van der Waals surface area contributed by atoms with E-state index in [1.165, 1.54) is 0 Å². The molecule has 0 amide bonds. The van der Waals surface area contributed by atoms with Gasteiger partial charge >= 0.3 is 0 Å². The van der Waals surface area contributed by atoms with E-state index in [-0.39, 0.29) is 5.41 Å². The lowest BCUT2D eigenvalue weighted by molar-refractivity contribution is 0.0998. The predicted octanol–water partition coefficient (Wildman–Crippen LogP) is 4.14. The van der Waals surface area contributed by atoms with Gasteiger partial charge in [0, 0.05) is 35.8 Å². The molecule has 3 aromatic rings. The molecule has 4 rings (SSSR count). The standard InChI is InChI=1S/C20H22ClN5O/c1-20(2)8-14-18(15(27)9-20)19(26-25-14)13-6-16(21)24-17(7-13)23-11-12-4-3-5-22-10-12/h3-7,10,15,27H,8-9,11H2,1-2H3,(H,23,24)(H,25,26). The highest BCUT2D eigenvalue weighted by molar-refractivity contribution is 6.29. The molecule has 0 bridgehead atoms. The van der Waals surface area contributed by atoms with Crippen LogP contribution in [-0.4, -0.2) is 25.3 Å². The lowest BCUT2D eigenvalue weighted by atomic mass is 9.74. The number of anilines is 1. The molecule has 3 N–H and O–H groups in total. The van der Waals surface area contributed by atoms with Gasteiger partial charge in [0.2, 0.25) is 0 Å². The van der Waals surface area contributed by atoms with Crippen molar-refractivity contribution in [1.29, 1.82) is 0 Å². The second kappa shape index (κ2) is 6.94. The van der Waals surface area contributed by atoms with Gasteiger partial charge in [-0.05, 0) is 42.0 Å². The Labute approximate surface area is 163 Å². The molecule has 140 valence electrons. The molecule has 0 saturated heterocycles. The molecule has 0 spiro atoms. The summed E-state index contributed by atoms with van der Waals surface area (Å²) in [6.45, 7) is 4.91. The van der Waals surface area contributed by atoms with Gasteiger partial charge in [-0.2, -0.15) is 5.10 Å². The van der Waals surface area contributed by atoms with Gasteiger partial charge in [0.05, 0.1) is 11.8 Å².